The summed E-state index contributed by atoms with van der Waals surface area (Å²) in [5.74, 6) is 2.38. The van der Waals surface area contributed by atoms with E-state index in [0.29, 0.717) is 10.9 Å². The van der Waals surface area contributed by atoms with Crippen molar-refractivity contribution in [3.63, 3.8) is 0 Å². The molecule has 1 fully saturated rings. The van der Waals surface area contributed by atoms with Crippen LogP contribution < -0.4 is 5.32 Å². The van der Waals surface area contributed by atoms with Gasteiger partial charge in [-0.1, -0.05) is 25.2 Å². The number of anilines is 1. The number of thiazole rings is 1. The Morgan fingerprint density at radius 1 is 1.48 bits per heavy atom. The van der Waals surface area contributed by atoms with Gasteiger partial charge in [0.15, 0.2) is 5.13 Å². The summed E-state index contributed by atoms with van der Waals surface area (Å²) < 4.78 is 6.61. The molecular weight excluding hydrogens is 306 g/mol. The van der Waals surface area contributed by atoms with E-state index in [1.807, 2.05) is 13.8 Å². The van der Waals surface area contributed by atoms with Gasteiger partial charge >= 0.3 is 0 Å². The molecule has 1 amide bonds. The Balaban J connectivity index is 1.54. The van der Waals surface area contributed by atoms with Crippen LogP contribution in [0.4, 0.5) is 5.13 Å². The Labute approximate surface area is 131 Å². The molecule has 0 spiro atoms. The molecule has 1 aliphatic rings. The van der Waals surface area contributed by atoms with Crippen LogP contribution in [0.3, 0.4) is 0 Å². The largest absolute Gasteiger partial charge is 0.445 e. The van der Waals surface area contributed by atoms with Crippen LogP contribution in [0.2, 0.25) is 0 Å². The van der Waals surface area contributed by atoms with Crippen LogP contribution in [0.5, 0.6) is 0 Å². The van der Waals surface area contributed by atoms with E-state index < -0.39 is 0 Å². The maximum Gasteiger partial charge on any atom is 0.232 e. The number of carbonyl (C=O) groups excluding carboxylic acids is 1. The maximum atomic E-state index is 11.9. The van der Waals surface area contributed by atoms with Crippen molar-refractivity contribution in [3.8, 4) is 0 Å². The maximum absolute atomic E-state index is 11.9. The average molecular weight is 323 g/mol. The second-order valence-corrected chi connectivity index (χ2v) is 7.67. The van der Waals surface area contributed by atoms with Crippen molar-refractivity contribution in [1.82, 2.24) is 9.97 Å². The van der Waals surface area contributed by atoms with Crippen LogP contribution in [0.15, 0.2) is 21.0 Å². The third-order valence-corrected chi connectivity index (χ3v) is 5.63. The van der Waals surface area contributed by atoms with Crippen molar-refractivity contribution in [3.05, 3.63) is 24.0 Å². The number of aromatic nitrogens is 2. The molecule has 3 rings (SSSR count). The van der Waals surface area contributed by atoms with Gasteiger partial charge < -0.3 is 9.73 Å². The molecule has 0 aromatic carbocycles. The number of carbonyl (C=O) groups is 1. The van der Waals surface area contributed by atoms with Gasteiger partial charge in [0.05, 0.1) is 22.4 Å². The molecular formula is C14H17N3O2S2. The van der Waals surface area contributed by atoms with Crippen LogP contribution in [0, 0.1) is 5.41 Å². The molecule has 5 nitrogen and oxygen atoms in total. The fourth-order valence-electron chi connectivity index (χ4n) is 1.76. The van der Waals surface area contributed by atoms with Crippen LogP contribution in [-0.4, -0.2) is 15.9 Å². The quantitative estimate of drug-likeness (QED) is 0.821. The lowest BCUT2D eigenvalue weighted by Crippen LogP contribution is -2.21. The summed E-state index contributed by atoms with van der Waals surface area (Å²) >= 11 is 3.10. The topological polar surface area (TPSA) is 68.0 Å². The van der Waals surface area contributed by atoms with Gasteiger partial charge in [-0.05, 0) is 12.8 Å². The Hall–Kier alpha value is -1.34. The number of hydrogen-bond acceptors (Lipinski definition) is 6. The van der Waals surface area contributed by atoms with Crippen molar-refractivity contribution in [2.75, 3.05) is 5.32 Å². The van der Waals surface area contributed by atoms with E-state index >= 15 is 0 Å². The van der Waals surface area contributed by atoms with E-state index in [-0.39, 0.29) is 11.3 Å². The molecule has 2 aromatic heterocycles. The number of amides is 1. The van der Waals surface area contributed by atoms with Crippen LogP contribution in [-0.2, 0) is 17.0 Å². The molecule has 2 aromatic rings. The number of aryl methyl sites for hydroxylation is 1. The average Bonchev–Trinajstić information content (AvgIpc) is 2.92. The van der Waals surface area contributed by atoms with Gasteiger partial charge in [-0.25, -0.2) is 9.97 Å². The van der Waals surface area contributed by atoms with E-state index in [9.17, 15) is 4.79 Å². The normalized spacial score (nSPS) is 15.9. The first-order chi connectivity index (χ1) is 10.1. The molecule has 2 heterocycles. The smallest absolute Gasteiger partial charge is 0.232 e. The third-order valence-electron chi connectivity index (χ3n) is 3.54. The minimum Gasteiger partial charge on any atom is -0.445 e. The molecule has 0 bridgehead atoms. The molecule has 1 N–H and O–H groups in total. The Kier molecular flexibility index (Phi) is 4.03. The predicted octanol–water partition coefficient (Wildman–Crippen LogP) is 3.72. The number of nitrogens with zero attached hydrogens (tertiary/aromatic N) is 2. The fraction of sp³-hybridized carbons (Fsp3) is 0.500. The van der Waals surface area contributed by atoms with Gasteiger partial charge in [0.25, 0.3) is 0 Å². The van der Waals surface area contributed by atoms with Gasteiger partial charge in [0, 0.05) is 11.8 Å². The SMILES string of the molecule is CCc1cnc(CSc2cnc(NC(=O)C3(C)CC3)s2)o1. The highest BCUT2D eigenvalue weighted by Gasteiger charge is 2.45. The molecule has 1 saturated carbocycles. The van der Waals surface area contributed by atoms with Crippen LogP contribution in [0.1, 0.15) is 38.3 Å². The molecule has 1 aliphatic carbocycles. The van der Waals surface area contributed by atoms with Crippen molar-refractivity contribution in [2.24, 2.45) is 5.41 Å². The van der Waals surface area contributed by atoms with Crippen molar-refractivity contribution < 1.29 is 9.21 Å². The molecule has 0 aliphatic heterocycles. The van der Waals surface area contributed by atoms with Crippen molar-refractivity contribution in [1.29, 1.82) is 0 Å². The molecule has 0 atom stereocenters. The second-order valence-electron chi connectivity index (χ2n) is 5.36. The van der Waals surface area contributed by atoms with E-state index in [2.05, 4.69) is 15.3 Å². The van der Waals surface area contributed by atoms with E-state index in [1.54, 1.807) is 24.2 Å². The van der Waals surface area contributed by atoms with Gasteiger partial charge in [-0.2, -0.15) is 0 Å². The number of rotatable bonds is 6. The number of hydrogen-bond donors (Lipinski definition) is 1. The lowest BCUT2D eigenvalue weighted by Gasteiger charge is -2.06. The summed E-state index contributed by atoms with van der Waals surface area (Å²) in [6.45, 7) is 4.02. The van der Waals surface area contributed by atoms with Crippen molar-refractivity contribution in [2.45, 2.75) is 43.1 Å². The zero-order valence-electron chi connectivity index (χ0n) is 12.0. The summed E-state index contributed by atoms with van der Waals surface area (Å²) in [7, 11) is 0. The van der Waals surface area contributed by atoms with Gasteiger partial charge in [-0.15, -0.1) is 11.8 Å². The van der Waals surface area contributed by atoms with E-state index in [0.717, 1.165) is 35.1 Å². The first kappa shape index (κ1) is 14.6. The third kappa shape index (κ3) is 3.47. The lowest BCUT2D eigenvalue weighted by molar-refractivity contribution is -0.120. The van der Waals surface area contributed by atoms with Crippen LogP contribution >= 0.6 is 23.1 Å². The molecule has 0 saturated heterocycles. The van der Waals surface area contributed by atoms with E-state index in [4.69, 9.17) is 4.42 Å². The first-order valence-corrected chi connectivity index (χ1v) is 8.73. The summed E-state index contributed by atoms with van der Waals surface area (Å²) in [4.78, 5) is 20.4. The summed E-state index contributed by atoms with van der Waals surface area (Å²) in [5.41, 5.74) is -0.173. The lowest BCUT2D eigenvalue weighted by atomic mass is 10.1. The minimum absolute atomic E-state index is 0.0775. The predicted molar refractivity (Wildman–Crippen MR) is 83.5 cm³/mol. The number of nitrogens with one attached hydrogen (secondary N) is 1. The summed E-state index contributed by atoms with van der Waals surface area (Å²) in [6.07, 6.45) is 6.34. The first-order valence-electron chi connectivity index (χ1n) is 6.93. The standard InChI is InChI=1S/C14H17N3O2S2/c1-3-9-6-15-10(19-9)8-20-11-7-16-13(21-11)17-12(18)14(2)4-5-14/h6-7H,3-5,8H2,1-2H3,(H,16,17,18). The molecule has 0 radical (unpaired) electrons. The minimum atomic E-state index is -0.173. The van der Waals surface area contributed by atoms with Gasteiger partial charge in [0.1, 0.15) is 5.76 Å². The zero-order chi connectivity index (χ0) is 14.9. The Bertz CT molecular complexity index is 646. The van der Waals surface area contributed by atoms with Crippen molar-refractivity contribution >= 4 is 34.1 Å². The highest BCUT2D eigenvalue weighted by Crippen LogP contribution is 2.46. The Morgan fingerprint density at radius 2 is 2.29 bits per heavy atom. The Morgan fingerprint density at radius 3 is 2.95 bits per heavy atom. The molecule has 21 heavy (non-hydrogen) atoms. The number of oxazole rings is 1. The zero-order valence-corrected chi connectivity index (χ0v) is 13.6. The van der Waals surface area contributed by atoms with E-state index in [1.165, 1.54) is 11.3 Å². The van der Waals surface area contributed by atoms with Crippen LogP contribution in [0.25, 0.3) is 0 Å². The van der Waals surface area contributed by atoms with Gasteiger partial charge in [0.2, 0.25) is 11.8 Å². The monoisotopic (exact) mass is 323 g/mol. The summed E-state index contributed by atoms with van der Waals surface area (Å²) in [5, 5.41) is 3.56. The molecule has 7 heteroatoms. The highest BCUT2D eigenvalue weighted by atomic mass is 32.2. The van der Waals surface area contributed by atoms with Gasteiger partial charge in [-0.3, -0.25) is 4.79 Å². The highest BCUT2D eigenvalue weighted by molar-refractivity contribution is 8.00. The molecule has 0 unspecified atom stereocenters. The summed E-state index contributed by atoms with van der Waals surface area (Å²) in [6, 6.07) is 0. The number of thioether (sulfide) groups is 1. The second kappa shape index (κ2) is 5.81. The fourth-order valence-corrected chi connectivity index (χ4v) is 3.48. The molecule has 112 valence electrons.